The van der Waals surface area contributed by atoms with Crippen molar-refractivity contribution in [3.8, 4) is 28.1 Å². The van der Waals surface area contributed by atoms with Crippen LogP contribution >= 0.6 is 0 Å². The Morgan fingerprint density at radius 1 is 1.05 bits per heavy atom. The molecule has 3 aromatic carbocycles. The van der Waals surface area contributed by atoms with E-state index in [1.165, 1.54) is 0 Å². The average molecular weight is 590 g/mol. The molecule has 4 heterocycles. The largest absolute Gasteiger partial charge is 0.496 e. The van der Waals surface area contributed by atoms with Gasteiger partial charge >= 0.3 is 0 Å². The molecular formula is C33H31N7O4. The first-order valence-electron chi connectivity index (χ1n) is 14.4. The fourth-order valence-corrected chi connectivity index (χ4v) is 6.20. The minimum absolute atomic E-state index is 0.0693. The molecule has 222 valence electrons. The highest BCUT2D eigenvalue weighted by atomic mass is 16.5. The number of aromatic amines is 1. The van der Waals surface area contributed by atoms with Gasteiger partial charge in [0.25, 0.3) is 0 Å². The van der Waals surface area contributed by atoms with Crippen LogP contribution in [0.25, 0.3) is 55.1 Å². The molecule has 0 saturated carbocycles. The number of methoxy groups -OCH3 is 1. The van der Waals surface area contributed by atoms with E-state index < -0.39 is 0 Å². The van der Waals surface area contributed by atoms with Crippen molar-refractivity contribution < 1.29 is 18.8 Å². The number of benzene rings is 3. The van der Waals surface area contributed by atoms with Crippen LogP contribution in [0.2, 0.25) is 0 Å². The monoisotopic (exact) mass is 589 g/mol. The third-order valence-electron chi connectivity index (χ3n) is 8.12. The summed E-state index contributed by atoms with van der Waals surface area (Å²) in [5.41, 5.74) is 6.55. The lowest BCUT2D eigenvalue weighted by Gasteiger charge is -2.25. The topological polar surface area (TPSA) is 138 Å². The third kappa shape index (κ3) is 4.71. The summed E-state index contributed by atoms with van der Waals surface area (Å²) in [6.45, 7) is 7.21. The zero-order valence-corrected chi connectivity index (χ0v) is 24.9. The van der Waals surface area contributed by atoms with E-state index in [1.54, 1.807) is 7.11 Å². The van der Waals surface area contributed by atoms with Gasteiger partial charge in [0.1, 0.15) is 23.0 Å². The van der Waals surface area contributed by atoms with Gasteiger partial charge in [0.2, 0.25) is 11.8 Å². The van der Waals surface area contributed by atoms with Gasteiger partial charge in [0.15, 0.2) is 0 Å². The number of hydrogen-bond donors (Lipinski definition) is 3. The van der Waals surface area contributed by atoms with E-state index in [9.17, 15) is 9.59 Å². The lowest BCUT2D eigenvalue weighted by atomic mass is 9.97. The van der Waals surface area contributed by atoms with Crippen LogP contribution in [-0.2, 0) is 9.59 Å². The number of H-pyrrole nitrogens is 1. The summed E-state index contributed by atoms with van der Waals surface area (Å²) in [4.78, 5) is 39.8. The van der Waals surface area contributed by atoms with E-state index in [0.717, 1.165) is 55.1 Å². The molecule has 0 spiro atoms. The first-order chi connectivity index (χ1) is 21.3. The number of carbonyl (C=O) groups is 2. The van der Waals surface area contributed by atoms with Crippen LogP contribution in [0.5, 0.6) is 5.75 Å². The Morgan fingerprint density at radius 2 is 1.86 bits per heavy atom. The van der Waals surface area contributed by atoms with E-state index in [4.69, 9.17) is 19.2 Å². The minimum Gasteiger partial charge on any atom is -0.496 e. The molecular weight excluding hydrogens is 558 g/mol. The summed E-state index contributed by atoms with van der Waals surface area (Å²) in [5, 5.41) is 13.6. The number of anilines is 1. The number of ether oxygens (including phenoxy) is 1. The van der Waals surface area contributed by atoms with Gasteiger partial charge in [0, 0.05) is 46.2 Å². The average Bonchev–Trinajstić information content (AvgIpc) is 3.53. The van der Waals surface area contributed by atoms with Crippen molar-refractivity contribution in [3.05, 3.63) is 65.8 Å². The fraction of sp³-hybridized carbons (Fsp3) is 0.242. The smallest absolute Gasteiger partial charge is 0.238 e. The van der Waals surface area contributed by atoms with Gasteiger partial charge in [-0.25, -0.2) is 9.97 Å². The predicted octanol–water partition coefficient (Wildman–Crippen LogP) is 4.89. The first kappa shape index (κ1) is 27.5. The molecule has 2 amide bonds. The highest BCUT2D eigenvalue weighted by Crippen LogP contribution is 2.42. The number of piperazine rings is 1. The second kappa shape index (κ2) is 10.8. The summed E-state index contributed by atoms with van der Waals surface area (Å²) in [6, 6.07) is 15.9. The molecule has 1 saturated heterocycles. The third-order valence-corrected chi connectivity index (χ3v) is 8.12. The quantitative estimate of drug-likeness (QED) is 0.250. The van der Waals surface area contributed by atoms with E-state index in [0.29, 0.717) is 41.8 Å². The SMILES string of the molecule is COc1cc2c(cc1-c1c(C)noc1C)[nH]c1nc(C)nc(-c3ccc(NC(=O)CN4CCNC(=O)C4)c4ccccc34)c12. The number of carbonyl (C=O) groups excluding carboxylic acids is 2. The van der Waals surface area contributed by atoms with Crippen molar-refractivity contribution in [2.75, 3.05) is 38.6 Å². The molecule has 11 nitrogen and oxygen atoms in total. The first-order valence-corrected chi connectivity index (χ1v) is 14.4. The number of aryl methyl sites for hydroxylation is 3. The summed E-state index contributed by atoms with van der Waals surface area (Å²) in [7, 11) is 1.65. The molecule has 1 fully saturated rings. The summed E-state index contributed by atoms with van der Waals surface area (Å²) < 4.78 is 11.3. The molecule has 0 atom stereocenters. The zero-order valence-electron chi connectivity index (χ0n) is 24.9. The van der Waals surface area contributed by atoms with E-state index in [2.05, 4.69) is 20.8 Å². The molecule has 1 aliphatic heterocycles. The predicted molar refractivity (Wildman–Crippen MR) is 169 cm³/mol. The Labute approximate surface area is 252 Å². The van der Waals surface area contributed by atoms with Crippen LogP contribution in [0.15, 0.2) is 53.1 Å². The molecule has 3 aromatic heterocycles. The van der Waals surface area contributed by atoms with Gasteiger partial charge in [-0.1, -0.05) is 35.5 Å². The Balaban J connectivity index is 1.35. The van der Waals surface area contributed by atoms with Crippen molar-refractivity contribution in [2.24, 2.45) is 0 Å². The van der Waals surface area contributed by atoms with Crippen LogP contribution in [0, 0.1) is 20.8 Å². The molecule has 44 heavy (non-hydrogen) atoms. The Hall–Kier alpha value is -5.29. The van der Waals surface area contributed by atoms with Crippen molar-refractivity contribution in [2.45, 2.75) is 20.8 Å². The highest BCUT2D eigenvalue weighted by molar-refractivity contribution is 6.17. The Bertz CT molecular complexity index is 2090. The lowest BCUT2D eigenvalue weighted by molar-refractivity contribution is -0.125. The molecule has 3 N–H and O–H groups in total. The summed E-state index contributed by atoms with van der Waals surface area (Å²) >= 11 is 0. The number of hydrogen-bond acceptors (Lipinski definition) is 8. The molecule has 0 aliphatic carbocycles. The maximum Gasteiger partial charge on any atom is 0.238 e. The van der Waals surface area contributed by atoms with Gasteiger partial charge in [-0.2, -0.15) is 0 Å². The van der Waals surface area contributed by atoms with Crippen LogP contribution in [0.1, 0.15) is 17.3 Å². The van der Waals surface area contributed by atoms with E-state index in [1.807, 2.05) is 74.2 Å². The highest BCUT2D eigenvalue weighted by Gasteiger charge is 2.23. The summed E-state index contributed by atoms with van der Waals surface area (Å²) in [6.07, 6.45) is 0. The van der Waals surface area contributed by atoms with E-state index in [-0.39, 0.29) is 24.9 Å². The summed E-state index contributed by atoms with van der Waals surface area (Å²) in [5.74, 6) is 1.79. The molecule has 11 heteroatoms. The van der Waals surface area contributed by atoms with Crippen LogP contribution in [0.4, 0.5) is 5.69 Å². The van der Waals surface area contributed by atoms with Gasteiger partial charge < -0.3 is 24.9 Å². The van der Waals surface area contributed by atoms with E-state index >= 15 is 0 Å². The second-order valence-electron chi connectivity index (χ2n) is 11.1. The van der Waals surface area contributed by atoms with Gasteiger partial charge in [-0.05, 0) is 44.4 Å². The lowest BCUT2D eigenvalue weighted by Crippen LogP contribution is -2.49. The number of aromatic nitrogens is 4. The maximum absolute atomic E-state index is 13.0. The minimum atomic E-state index is -0.171. The number of nitrogens with one attached hydrogen (secondary N) is 3. The Kier molecular flexibility index (Phi) is 6.74. The molecule has 7 rings (SSSR count). The number of amides is 2. The van der Waals surface area contributed by atoms with Crippen molar-refractivity contribution in [3.63, 3.8) is 0 Å². The van der Waals surface area contributed by atoms with Crippen LogP contribution in [-0.4, -0.2) is 70.1 Å². The maximum atomic E-state index is 13.0. The molecule has 0 unspecified atom stereocenters. The molecule has 6 aromatic rings. The second-order valence-corrected chi connectivity index (χ2v) is 11.1. The number of nitrogens with zero attached hydrogens (tertiary/aromatic N) is 4. The van der Waals surface area contributed by atoms with Gasteiger partial charge in [0.05, 0.1) is 42.5 Å². The molecule has 0 bridgehead atoms. The molecule has 0 radical (unpaired) electrons. The number of fused-ring (bicyclic) bond motifs is 4. The van der Waals surface area contributed by atoms with Crippen molar-refractivity contribution >= 4 is 50.2 Å². The zero-order chi connectivity index (χ0) is 30.5. The Morgan fingerprint density at radius 3 is 2.61 bits per heavy atom. The fourth-order valence-electron chi connectivity index (χ4n) is 6.20. The van der Waals surface area contributed by atoms with Crippen molar-refractivity contribution in [1.29, 1.82) is 0 Å². The molecule has 1 aliphatic rings. The van der Waals surface area contributed by atoms with Gasteiger partial charge in [-0.3, -0.25) is 14.5 Å². The van der Waals surface area contributed by atoms with Crippen molar-refractivity contribution in [1.82, 2.24) is 30.3 Å². The van der Waals surface area contributed by atoms with Crippen LogP contribution in [0.3, 0.4) is 0 Å². The van der Waals surface area contributed by atoms with Gasteiger partial charge in [-0.15, -0.1) is 0 Å². The normalized spacial score (nSPS) is 14.0. The van der Waals surface area contributed by atoms with Crippen LogP contribution < -0.4 is 15.4 Å². The standard InChI is InChI=1S/C33H31N7O4/c1-17-30(18(2)44-39-17)24-13-26-23(14-27(24)43-4)31-32(35-19(3)36-33(31)38-26)22-9-10-25(21-8-6-5-7-20(21)22)37-29(42)16-40-12-11-34-28(41)15-40/h5-10,13-14H,11-12,15-16H2,1-4H3,(H,34,41)(H,37,42)(H,35,36,38). The number of rotatable bonds is 6.